The van der Waals surface area contributed by atoms with Crippen molar-refractivity contribution in [3.05, 3.63) is 35.2 Å². The molecule has 0 atom stereocenters. The summed E-state index contributed by atoms with van der Waals surface area (Å²) in [6.45, 7) is 3.89. The molecule has 3 heterocycles. The maximum Gasteiger partial charge on any atom is 0.223 e. The van der Waals surface area contributed by atoms with Crippen LogP contribution in [-0.2, 0) is 4.79 Å². The van der Waals surface area contributed by atoms with Crippen LogP contribution in [0.5, 0.6) is 0 Å². The third-order valence-electron chi connectivity index (χ3n) is 5.86. The molecule has 1 aromatic carbocycles. The third-order valence-corrected chi connectivity index (χ3v) is 6.82. The lowest BCUT2D eigenvalue weighted by atomic mass is 9.78. The molecule has 140 valence electrons. The number of fused-ring (bicyclic) bond motifs is 1. The van der Waals surface area contributed by atoms with Gasteiger partial charge < -0.3 is 10.2 Å². The smallest absolute Gasteiger partial charge is 0.223 e. The van der Waals surface area contributed by atoms with Gasteiger partial charge in [0.15, 0.2) is 5.78 Å². The number of rotatable bonds is 4. The van der Waals surface area contributed by atoms with Gasteiger partial charge in [0.1, 0.15) is 0 Å². The Balaban J connectivity index is 0.00000196. The monoisotopic (exact) mass is 392 g/mol. The predicted octanol–water partition coefficient (Wildman–Crippen LogP) is 3.89. The van der Waals surface area contributed by atoms with Crippen LogP contribution in [0.25, 0.3) is 10.1 Å². The summed E-state index contributed by atoms with van der Waals surface area (Å²) >= 11 is 1.59. The molecule has 0 saturated carbocycles. The van der Waals surface area contributed by atoms with Crippen LogP contribution in [0.2, 0.25) is 0 Å². The Hall–Kier alpha value is -1.43. The Morgan fingerprint density at radius 3 is 2.62 bits per heavy atom. The molecular weight excluding hydrogens is 368 g/mol. The van der Waals surface area contributed by atoms with Crippen LogP contribution in [0.1, 0.15) is 42.5 Å². The highest BCUT2D eigenvalue weighted by Crippen LogP contribution is 2.37. The highest BCUT2D eigenvalue weighted by atomic mass is 35.5. The first kappa shape index (κ1) is 19.3. The molecule has 2 aliphatic rings. The summed E-state index contributed by atoms with van der Waals surface area (Å²) in [7, 11) is 0. The van der Waals surface area contributed by atoms with Crippen molar-refractivity contribution in [1.29, 1.82) is 0 Å². The van der Waals surface area contributed by atoms with Crippen molar-refractivity contribution < 1.29 is 9.59 Å². The average molecular weight is 393 g/mol. The fourth-order valence-electron chi connectivity index (χ4n) is 4.16. The molecule has 1 amide bonds. The summed E-state index contributed by atoms with van der Waals surface area (Å²) in [5.74, 6) is 0.216. The van der Waals surface area contributed by atoms with Gasteiger partial charge in [0.25, 0.3) is 0 Å². The van der Waals surface area contributed by atoms with Crippen LogP contribution in [0.3, 0.4) is 0 Å². The molecule has 4 nitrogen and oxygen atoms in total. The minimum atomic E-state index is 0. The second-order valence-electron chi connectivity index (χ2n) is 7.38. The molecule has 2 saturated heterocycles. The average Bonchev–Trinajstić information content (AvgIpc) is 3.27. The molecule has 26 heavy (non-hydrogen) atoms. The number of likely N-dealkylation sites (tertiary alicyclic amines) is 1. The molecule has 1 aromatic heterocycles. The van der Waals surface area contributed by atoms with Gasteiger partial charge in [0.2, 0.25) is 5.91 Å². The Kier molecular flexibility index (Phi) is 6.00. The van der Waals surface area contributed by atoms with Crippen LogP contribution < -0.4 is 5.32 Å². The van der Waals surface area contributed by atoms with Crippen LogP contribution in [0.15, 0.2) is 29.6 Å². The number of nitrogens with zero attached hydrogens (tertiary/aromatic N) is 1. The van der Waals surface area contributed by atoms with E-state index in [-0.39, 0.29) is 24.1 Å². The zero-order valence-electron chi connectivity index (χ0n) is 14.8. The Labute approximate surface area is 164 Å². The van der Waals surface area contributed by atoms with Gasteiger partial charge in [-0.15, -0.1) is 23.7 Å². The number of halogens is 1. The quantitative estimate of drug-likeness (QED) is 0.803. The molecule has 0 radical (unpaired) electrons. The third kappa shape index (κ3) is 3.80. The Morgan fingerprint density at radius 1 is 1.12 bits per heavy atom. The number of nitrogens with one attached hydrogen (secondary N) is 1. The molecular formula is C20H25ClN2O2S. The van der Waals surface area contributed by atoms with Crippen molar-refractivity contribution in [3.63, 3.8) is 0 Å². The maximum absolute atomic E-state index is 12.5. The first-order valence-electron chi connectivity index (χ1n) is 9.15. The van der Waals surface area contributed by atoms with E-state index in [2.05, 4.69) is 5.32 Å². The summed E-state index contributed by atoms with van der Waals surface area (Å²) in [6, 6.07) is 7.96. The first-order chi connectivity index (χ1) is 12.2. The topological polar surface area (TPSA) is 49.4 Å². The van der Waals surface area contributed by atoms with Crippen LogP contribution >= 0.6 is 23.7 Å². The normalized spacial score (nSPS) is 18.8. The van der Waals surface area contributed by atoms with Gasteiger partial charge in [-0.3, -0.25) is 9.59 Å². The van der Waals surface area contributed by atoms with Gasteiger partial charge in [-0.25, -0.2) is 0 Å². The molecule has 2 aromatic rings. The van der Waals surface area contributed by atoms with E-state index in [0.717, 1.165) is 54.7 Å². The maximum atomic E-state index is 12.5. The summed E-state index contributed by atoms with van der Waals surface area (Å²) in [5, 5.41) is 6.39. The second kappa shape index (κ2) is 8.07. The van der Waals surface area contributed by atoms with Gasteiger partial charge in [-0.05, 0) is 37.3 Å². The Morgan fingerprint density at radius 2 is 1.88 bits per heavy atom. The standard InChI is InChI=1S/C20H24N2O2S.ClH/c23-17(16-13-25-18-4-2-1-3-15(16)18)5-6-19(24)22-11-8-20(9-12-22)7-10-21-14-20;/h1-4,13,21H,5-12,14H2;1H. The molecule has 2 fully saturated rings. The molecule has 1 spiro atoms. The molecule has 1 N–H and O–H groups in total. The summed E-state index contributed by atoms with van der Waals surface area (Å²) in [6.07, 6.45) is 4.06. The zero-order chi connectivity index (χ0) is 17.3. The SMILES string of the molecule is Cl.O=C(CCC(=O)N1CCC2(CCNC2)CC1)c1csc2ccccc12. The van der Waals surface area contributed by atoms with E-state index in [9.17, 15) is 9.59 Å². The number of benzene rings is 1. The van der Waals surface area contributed by atoms with Crippen LogP contribution in [0.4, 0.5) is 0 Å². The van der Waals surface area contributed by atoms with Gasteiger partial charge in [-0.2, -0.15) is 0 Å². The van der Waals surface area contributed by atoms with Gasteiger partial charge in [-0.1, -0.05) is 18.2 Å². The van der Waals surface area contributed by atoms with E-state index in [1.165, 1.54) is 6.42 Å². The number of hydrogen-bond acceptors (Lipinski definition) is 4. The lowest BCUT2D eigenvalue weighted by Crippen LogP contribution is -2.44. The minimum Gasteiger partial charge on any atom is -0.343 e. The molecule has 0 unspecified atom stereocenters. The van der Waals surface area contributed by atoms with Crippen LogP contribution in [-0.4, -0.2) is 42.8 Å². The van der Waals surface area contributed by atoms with Gasteiger partial charge >= 0.3 is 0 Å². The van der Waals surface area contributed by atoms with Crippen LogP contribution in [0, 0.1) is 5.41 Å². The van der Waals surface area contributed by atoms with Gasteiger partial charge in [0, 0.05) is 53.5 Å². The molecule has 4 rings (SSSR count). The van der Waals surface area contributed by atoms with Crippen molar-refractivity contribution >= 4 is 45.5 Å². The highest BCUT2D eigenvalue weighted by Gasteiger charge is 2.37. The van der Waals surface area contributed by atoms with E-state index in [4.69, 9.17) is 0 Å². The number of ketones is 1. The second-order valence-corrected chi connectivity index (χ2v) is 8.29. The number of amides is 1. The number of carbonyl (C=O) groups is 2. The van der Waals surface area contributed by atoms with E-state index in [1.54, 1.807) is 11.3 Å². The minimum absolute atomic E-state index is 0. The van der Waals surface area contributed by atoms with Crippen molar-refractivity contribution in [2.24, 2.45) is 5.41 Å². The molecule has 6 heteroatoms. The summed E-state index contributed by atoms with van der Waals surface area (Å²) in [4.78, 5) is 27.0. The zero-order valence-corrected chi connectivity index (χ0v) is 16.5. The fraction of sp³-hybridized carbons (Fsp3) is 0.500. The number of carbonyl (C=O) groups excluding carboxylic acids is 2. The van der Waals surface area contributed by atoms with E-state index in [1.807, 2.05) is 34.5 Å². The summed E-state index contributed by atoms with van der Waals surface area (Å²) in [5.41, 5.74) is 1.19. The lowest BCUT2D eigenvalue weighted by molar-refractivity contribution is -0.133. The molecule has 0 bridgehead atoms. The number of thiophene rings is 1. The van der Waals surface area contributed by atoms with E-state index >= 15 is 0 Å². The van der Waals surface area contributed by atoms with Crippen molar-refractivity contribution in [3.8, 4) is 0 Å². The highest BCUT2D eigenvalue weighted by molar-refractivity contribution is 7.17. The van der Waals surface area contributed by atoms with E-state index in [0.29, 0.717) is 18.3 Å². The first-order valence-corrected chi connectivity index (χ1v) is 10.0. The number of piperidine rings is 1. The number of hydrogen-bond donors (Lipinski definition) is 1. The van der Waals surface area contributed by atoms with E-state index < -0.39 is 0 Å². The summed E-state index contributed by atoms with van der Waals surface area (Å²) < 4.78 is 1.13. The fourth-order valence-corrected chi connectivity index (χ4v) is 5.13. The lowest BCUT2D eigenvalue weighted by Gasteiger charge is -2.38. The molecule has 2 aliphatic heterocycles. The van der Waals surface area contributed by atoms with Crippen molar-refractivity contribution in [1.82, 2.24) is 10.2 Å². The Bertz CT molecular complexity index is 788. The van der Waals surface area contributed by atoms with Crippen molar-refractivity contribution in [2.75, 3.05) is 26.2 Å². The largest absolute Gasteiger partial charge is 0.343 e. The number of Topliss-reactive ketones (excluding diaryl/α,β-unsaturated/α-hetero) is 1. The van der Waals surface area contributed by atoms with Gasteiger partial charge in [0.05, 0.1) is 0 Å². The molecule has 0 aliphatic carbocycles. The predicted molar refractivity (Wildman–Crippen MR) is 108 cm³/mol. The van der Waals surface area contributed by atoms with Crippen molar-refractivity contribution in [2.45, 2.75) is 32.1 Å².